The van der Waals surface area contributed by atoms with Crippen molar-refractivity contribution < 1.29 is 23.4 Å². The third kappa shape index (κ3) is 3.41. The maximum atomic E-state index is 13.6. The van der Waals surface area contributed by atoms with Crippen molar-refractivity contribution in [2.45, 2.75) is 13.0 Å². The standard InChI is InChI=1S/C11H10BrFO4/c1-6(14)17-10-3-7(12)2-9(13)11(10)16-5-8-4-15-8/h2-3,8H,4-5H2,1H3. The van der Waals surface area contributed by atoms with E-state index in [2.05, 4.69) is 15.9 Å². The number of halogens is 2. The Hall–Kier alpha value is -1.14. The highest BCUT2D eigenvalue weighted by Gasteiger charge is 2.25. The molecule has 0 bridgehead atoms. The number of epoxide rings is 1. The Kier molecular flexibility index (Phi) is 3.63. The van der Waals surface area contributed by atoms with E-state index in [0.29, 0.717) is 11.1 Å². The first kappa shape index (κ1) is 12.3. The van der Waals surface area contributed by atoms with E-state index >= 15 is 0 Å². The van der Waals surface area contributed by atoms with Crippen LogP contribution in [0.4, 0.5) is 4.39 Å². The molecule has 6 heteroatoms. The quantitative estimate of drug-likeness (QED) is 0.486. The average molecular weight is 305 g/mol. The zero-order valence-electron chi connectivity index (χ0n) is 9.04. The fourth-order valence-corrected chi connectivity index (χ4v) is 1.66. The lowest BCUT2D eigenvalue weighted by molar-refractivity contribution is -0.132. The van der Waals surface area contributed by atoms with E-state index in [9.17, 15) is 9.18 Å². The molecule has 0 aromatic heterocycles. The van der Waals surface area contributed by atoms with E-state index in [4.69, 9.17) is 14.2 Å². The molecule has 92 valence electrons. The SMILES string of the molecule is CC(=O)Oc1cc(Br)cc(F)c1OCC1CO1. The van der Waals surface area contributed by atoms with Gasteiger partial charge in [-0.3, -0.25) is 4.79 Å². The number of benzene rings is 1. The van der Waals surface area contributed by atoms with Crippen molar-refractivity contribution in [2.24, 2.45) is 0 Å². The van der Waals surface area contributed by atoms with Crippen LogP contribution in [0.3, 0.4) is 0 Å². The summed E-state index contributed by atoms with van der Waals surface area (Å²) in [5, 5.41) is 0. The lowest BCUT2D eigenvalue weighted by Gasteiger charge is -2.11. The van der Waals surface area contributed by atoms with Crippen LogP contribution in [0.1, 0.15) is 6.92 Å². The molecule has 1 aromatic rings. The van der Waals surface area contributed by atoms with Crippen LogP contribution in [0, 0.1) is 5.82 Å². The number of hydrogen-bond acceptors (Lipinski definition) is 4. The van der Waals surface area contributed by atoms with Crippen molar-refractivity contribution in [1.29, 1.82) is 0 Å². The highest BCUT2D eigenvalue weighted by Crippen LogP contribution is 2.34. The predicted octanol–water partition coefficient (Wildman–Crippen LogP) is 2.29. The summed E-state index contributed by atoms with van der Waals surface area (Å²) in [6.45, 7) is 2.10. The van der Waals surface area contributed by atoms with Gasteiger partial charge < -0.3 is 14.2 Å². The molecule has 1 aliphatic rings. The minimum absolute atomic E-state index is 0.00299. The zero-order valence-corrected chi connectivity index (χ0v) is 10.6. The largest absolute Gasteiger partial charge is 0.484 e. The van der Waals surface area contributed by atoms with E-state index in [0.717, 1.165) is 0 Å². The number of carbonyl (C=O) groups excluding carboxylic acids is 1. The summed E-state index contributed by atoms with van der Waals surface area (Å²) in [7, 11) is 0. The van der Waals surface area contributed by atoms with Gasteiger partial charge in [0.15, 0.2) is 17.3 Å². The van der Waals surface area contributed by atoms with Gasteiger partial charge in [-0.05, 0) is 12.1 Å². The molecule has 1 unspecified atom stereocenters. The van der Waals surface area contributed by atoms with Gasteiger partial charge in [-0.1, -0.05) is 15.9 Å². The van der Waals surface area contributed by atoms with Crippen molar-refractivity contribution in [3.63, 3.8) is 0 Å². The van der Waals surface area contributed by atoms with Gasteiger partial charge in [-0.15, -0.1) is 0 Å². The van der Waals surface area contributed by atoms with Crippen molar-refractivity contribution in [1.82, 2.24) is 0 Å². The smallest absolute Gasteiger partial charge is 0.308 e. The monoisotopic (exact) mass is 304 g/mol. The Morgan fingerprint density at radius 1 is 1.65 bits per heavy atom. The van der Waals surface area contributed by atoms with E-state index in [1.807, 2.05) is 0 Å². The number of esters is 1. The van der Waals surface area contributed by atoms with Gasteiger partial charge in [0.05, 0.1) is 6.61 Å². The van der Waals surface area contributed by atoms with Gasteiger partial charge in [0.2, 0.25) is 0 Å². The second-order valence-electron chi connectivity index (χ2n) is 3.57. The number of carbonyl (C=O) groups is 1. The third-order valence-corrected chi connectivity index (χ3v) is 2.50. The average Bonchev–Trinajstić information content (AvgIpc) is 2.98. The van der Waals surface area contributed by atoms with Crippen LogP contribution >= 0.6 is 15.9 Å². The van der Waals surface area contributed by atoms with E-state index in [1.165, 1.54) is 19.1 Å². The molecule has 1 aliphatic heterocycles. The van der Waals surface area contributed by atoms with Crippen molar-refractivity contribution in [2.75, 3.05) is 13.2 Å². The summed E-state index contributed by atoms with van der Waals surface area (Å²) in [6, 6.07) is 2.73. The second kappa shape index (κ2) is 5.01. The Bertz CT molecular complexity index is 445. The highest BCUT2D eigenvalue weighted by atomic mass is 79.9. The number of ether oxygens (including phenoxy) is 3. The van der Waals surface area contributed by atoms with Gasteiger partial charge in [0.1, 0.15) is 12.7 Å². The molecule has 0 N–H and O–H groups in total. The van der Waals surface area contributed by atoms with Gasteiger partial charge in [0.25, 0.3) is 0 Å². The molecule has 0 saturated carbocycles. The summed E-state index contributed by atoms with van der Waals surface area (Å²) in [5.74, 6) is -1.13. The maximum absolute atomic E-state index is 13.6. The van der Waals surface area contributed by atoms with Crippen LogP contribution in [0.5, 0.6) is 11.5 Å². The fourth-order valence-electron chi connectivity index (χ4n) is 1.25. The maximum Gasteiger partial charge on any atom is 0.308 e. The minimum Gasteiger partial charge on any atom is -0.484 e. The van der Waals surface area contributed by atoms with Crippen molar-refractivity contribution in [3.05, 3.63) is 22.4 Å². The summed E-state index contributed by atoms with van der Waals surface area (Å²) >= 11 is 3.12. The molecule has 0 radical (unpaired) electrons. The molecule has 0 aliphatic carbocycles. The Labute approximate surface area is 106 Å². The second-order valence-corrected chi connectivity index (χ2v) is 4.49. The van der Waals surface area contributed by atoms with Gasteiger partial charge in [-0.25, -0.2) is 4.39 Å². The molecule has 0 amide bonds. The lowest BCUT2D eigenvalue weighted by atomic mass is 10.3. The Morgan fingerprint density at radius 3 is 2.94 bits per heavy atom. The van der Waals surface area contributed by atoms with E-state index in [1.54, 1.807) is 0 Å². The van der Waals surface area contributed by atoms with Crippen LogP contribution < -0.4 is 9.47 Å². The van der Waals surface area contributed by atoms with Crippen LogP contribution in [0.25, 0.3) is 0 Å². The third-order valence-electron chi connectivity index (χ3n) is 2.04. The molecule has 1 heterocycles. The molecule has 1 fully saturated rings. The van der Waals surface area contributed by atoms with E-state index < -0.39 is 11.8 Å². The van der Waals surface area contributed by atoms with Crippen molar-refractivity contribution >= 4 is 21.9 Å². The topological polar surface area (TPSA) is 48.1 Å². The first-order chi connectivity index (χ1) is 8.06. The van der Waals surface area contributed by atoms with Gasteiger partial charge in [-0.2, -0.15) is 0 Å². The van der Waals surface area contributed by atoms with Crippen molar-refractivity contribution in [3.8, 4) is 11.5 Å². The molecular formula is C11H10BrFO4. The van der Waals surface area contributed by atoms with Crippen LogP contribution in [-0.2, 0) is 9.53 Å². The molecular weight excluding hydrogens is 295 g/mol. The fraction of sp³-hybridized carbons (Fsp3) is 0.364. The number of hydrogen-bond donors (Lipinski definition) is 0. The van der Waals surface area contributed by atoms with Crippen LogP contribution in [-0.4, -0.2) is 25.3 Å². The normalized spacial score (nSPS) is 17.7. The molecule has 2 rings (SSSR count). The first-order valence-electron chi connectivity index (χ1n) is 4.98. The lowest BCUT2D eigenvalue weighted by Crippen LogP contribution is -2.09. The Balaban J connectivity index is 2.21. The number of rotatable bonds is 4. The molecule has 1 saturated heterocycles. The molecule has 1 aromatic carbocycles. The summed E-state index contributed by atoms with van der Waals surface area (Å²) < 4.78 is 29.2. The Morgan fingerprint density at radius 2 is 2.35 bits per heavy atom. The zero-order chi connectivity index (χ0) is 12.4. The minimum atomic E-state index is -0.587. The van der Waals surface area contributed by atoms with E-state index in [-0.39, 0.29) is 24.2 Å². The molecule has 1 atom stereocenters. The van der Waals surface area contributed by atoms with Crippen LogP contribution in [0.15, 0.2) is 16.6 Å². The van der Waals surface area contributed by atoms with Gasteiger partial charge in [0, 0.05) is 11.4 Å². The summed E-state index contributed by atoms with van der Waals surface area (Å²) in [5.41, 5.74) is 0. The summed E-state index contributed by atoms with van der Waals surface area (Å²) in [4.78, 5) is 10.9. The molecule has 4 nitrogen and oxygen atoms in total. The summed E-state index contributed by atoms with van der Waals surface area (Å²) in [6.07, 6.45) is 0.00299. The molecule has 0 spiro atoms. The van der Waals surface area contributed by atoms with Crippen LogP contribution in [0.2, 0.25) is 0 Å². The predicted molar refractivity (Wildman–Crippen MR) is 60.6 cm³/mol. The highest BCUT2D eigenvalue weighted by molar-refractivity contribution is 9.10. The van der Waals surface area contributed by atoms with Gasteiger partial charge >= 0.3 is 5.97 Å². The molecule has 17 heavy (non-hydrogen) atoms. The first-order valence-corrected chi connectivity index (χ1v) is 5.77.